The summed E-state index contributed by atoms with van der Waals surface area (Å²) >= 11 is 7.06. The van der Waals surface area contributed by atoms with Gasteiger partial charge in [0.15, 0.2) is 17.5 Å². The molecular formula is C49H40N4S2. The average Bonchev–Trinajstić information content (AvgIpc) is 3.78. The van der Waals surface area contributed by atoms with Crippen molar-refractivity contribution in [1.82, 2.24) is 19.5 Å². The molecule has 55 heavy (non-hydrogen) atoms. The summed E-state index contributed by atoms with van der Waals surface area (Å²) in [7, 11) is 0. The monoisotopic (exact) mass is 748 g/mol. The van der Waals surface area contributed by atoms with E-state index in [9.17, 15) is 0 Å². The van der Waals surface area contributed by atoms with E-state index < -0.39 is 0 Å². The number of rotatable bonds is 6. The third-order valence-corrected chi connectivity index (χ3v) is 13.6. The molecule has 1 aliphatic rings. The largest absolute Gasteiger partial charge is 0.337 e. The van der Waals surface area contributed by atoms with E-state index in [0.29, 0.717) is 29.3 Å². The standard InChI is InChI=1S/C49H40N4S2/c1-30-38(31(2)53-40-24-12-10-20-35(40)36-21-11-13-25-41(36)53)28-34(54)29-49(30,3)39-23-15-27-43-45(39)44-37(22-14-26-42(44)55-43)48-51-46(32-16-6-4-7-17-32)50-47(52-48)33-18-8-5-9-19-33/h4-27,29-31,38,54H,28H2,1-3H3/t30?,31-,38+,49?/m1/s1. The summed E-state index contributed by atoms with van der Waals surface area (Å²) in [6.45, 7) is 7.31. The first-order valence-electron chi connectivity index (χ1n) is 19.1. The molecule has 0 spiro atoms. The quantitative estimate of drug-likeness (QED) is 0.172. The second-order valence-corrected chi connectivity index (χ2v) is 16.9. The zero-order chi connectivity index (χ0) is 37.3. The van der Waals surface area contributed by atoms with Crippen LogP contribution in [0.2, 0.25) is 0 Å². The Bertz CT molecular complexity index is 2820. The minimum atomic E-state index is -0.295. The number of fused-ring (bicyclic) bond motifs is 6. The molecule has 0 bridgehead atoms. The molecule has 9 aromatic rings. The number of thiophene rings is 1. The highest BCUT2D eigenvalue weighted by Crippen LogP contribution is 2.53. The zero-order valence-corrected chi connectivity index (χ0v) is 32.7. The highest BCUT2D eigenvalue weighted by molar-refractivity contribution is 7.84. The fraction of sp³-hybridized carbons (Fsp3) is 0.163. The van der Waals surface area contributed by atoms with Crippen LogP contribution in [0.15, 0.2) is 157 Å². The second-order valence-electron chi connectivity index (χ2n) is 15.2. The first kappa shape index (κ1) is 34.0. The van der Waals surface area contributed by atoms with Gasteiger partial charge in [0.1, 0.15) is 0 Å². The zero-order valence-electron chi connectivity index (χ0n) is 31.0. The summed E-state index contributed by atoms with van der Waals surface area (Å²) in [5, 5.41) is 5.09. The van der Waals surface area contributed by atoms with Gasteiger partial charge in [-0.15, -0.1) is 24.0 Å². The van der Waals surface area contributed by atoms with Crippen LogP contribution < -0.4 is 0 Å². The van der Waals surface area contributed by atoms with E-state index in [2.05, 4.69) is 141 Å². The molecule has 0 saturated heterocycles. The lowest BCUT2D eigenvalue weighted by molar-refractivity contribution is 0.187. The number of hydrogen-bond donors (Lipinski definition) is 1. The highest BCUT2D eigenvalue weighted by atomic mass is 32.1. The Morgan fingerprint density at radius 1 is 0.636 bits per heavy atom. The maximum absolute atomic E-state index is 5.21. The summed E-state index contributed by atoms with van der Waals surface area (Å²) in [6.07, 6.45) is 3.38. The molecule has 6 heteroatoms. The second kappa shape index (κ2) is 13.3. The maximum Gasteiger partial charge on any atom is 0.164 e. The first-order chi connectivity index (χ1) is 26.9. The molecule has 0 N–H and O–H groups in total. The molecule has 0 radical (unpaired) electrons. The number of benzene rings is 6. The van der Waals surface area contributed by atoms with Crippen molar-refractivity contribution in [3.05, 3.63) is 162 Å². The van der Waals surface area contributed by atoms with Gasteiger partial charge in [-0.05, 0) is 59.9 Å². The van der Waals surface area contributed by atoms with Crippen LogP contribution in [0.3, 0.4) is 0 Å². The van der Waals surface area contributed by atoms with Gasteiger partial charge in [-0.25, -0.2) is 15.0 Å². The Balaban J connectivity index is 1.16. The SMILES string of the molecule is CC1[C@@H]([C@@H](C)n2c3ccccc3c3ccccc32)CC(S)=CC1(C)c1cccc2sc3cccc(-c4nc(-c5ccccc5)nc(-c5ccccc5)n4)c3c12. The molecule has 268 valence electrons. The fourth-order valence-corrected chi connectivity index (χ4v) is 11.0. The predicted octanol–water partition coefficient (Wildman–Crippen LogP) is 13.3. The Morgan fingerprint density at radius 3 is 1.78 bits per heavy atom. The predicted molar refractivity (Wildman–Crippen MR) is 235 cm³/mol. The van der Waals surface area contributed by atoms with Crippen LogP contribution in [0.1, 0.15) is 38.8 Å². The molecule has 1 aliphatic carbocycles. The van der Waals surface area contributed by atoms with Crippen LogP contribution >= 0.6 is 24.0 Å². The van der Waals surface area contributed by atoms with E-state index in [0.717, 1.165) is 28.0 Å². The van der Waals surface area contributed by atoms with E-state index in [-0.39, 0.29) is 11.5 Å². The molecule has 0 fully saturated rings. The third kappa shape index (κ3) is 5.53. The van der Waals surface area contributed by atoms with Crippen LogP contribution in [-0.2, 0) is 5.41 Å². The van der Waals surface area contributed by atoms with Crippen molar-refractivity contribution in [1.29, 1.82) is 0 Å². The van der Waals surface area contributed by atoms with Crippen molar-refractivity contribution >= 4 is 65.9 Å². The highest BCUT2D eigenvalue weighted by Gasteiger charge is 2.43. The van der Waals surface area contributed by atoms with Crippen molar-refractivity contribution in [2.45, 2.75) is 38.6 Å². The lowest BCUT2D eigenvalue weighted by Crippen LogP contribution is -2.40. The fourth-order valence-electron chi connectivity index (χ4n) is 9.32. The van der Waals surface area contributed by atoms with E-state index in [1.54, 1.807) is 0 Å². The molecular weight excluding hydrogens is 709 g/mol. The first-order valence-corrected chi connectivity index (χ1v) is 20.4. The molecule has 4 atom stereocenters. The Morgan fingerprint density at radius 2 is 1.16 bits per heavy atom. The van der Waals surface area contributed by atoms with Crippen LogP contribution in [-0.4, -0.2) is 19.5 Å². The summed E-state index contributed by atoms with van der Waals surface area (Å²) in [5.41, 5.74) is 6.55. The number of allylic oxidation sites excluding steroid dienone is 2. The minimum Gasteiger partial charge on any atom is -0.337 e. The molecule has 3 aromatic heterocycles. The van der Waals surface area contributed by atoms with Crippen LogP contribution in [0.4, 0.5) is 0 Å². The third-order valence-electron chi connectivity index (χ3n) is 12.2. The number of para-hydroxylation sites is 2. The van der Waals surface area contributed by atoms with Gasteiger partial charge >= 0.3 is 0 Å². The van der Waals surface area contributed by atoms with Crippen molar-refractivity contribution in [2.75, 3.05) is 0 Å². The van der Waals surface area contributed by atoms with Gasteiger partial charge in [-0.2, -0.15) is 0 Å². The molecule has 2 unspecified atom stereocenters. The minimum absolute atomic E-state index is 0.238. The van der Waals surface area contributed by atoms with Crippen molar-refractivity contribution < 1.29 is 0 Å². The number of aromatic nitrogens is 4. The number of thiol groups is 1. The topological polar surface area (TPSA) is 43.6 Å². The van der Waals surface area contributed by atoms with Gasteiger partial charge in [0.2, 0.25) is 0 Å². The van der Waals surface area contributed by atoms with E-state index in [4.69, 9.17) is 27.6 Å². The number of hydrogen-bond acceptors (Lipinski definition) is 5. The normalized spacial score (nSPS) is 19.3. The molecule has 4 nitrogen and oxygen atoms in total. The van der Waals surface area contributed by atoms with Gasteiger partial charge in [-0.1, -0.05) is 141 Å². The smallest absolute Gasteiger partial charge is 0.164 e. The Hall–Kier alpha value is -5.56. The van der Waals surface area contributed by atoms with E-state index >= 15 is 0 Å². The molecule has 10 rings (SSSR count). The van der Waals surface area contributed by atoms with Crippen LogP contribution in [0.25, 0.3) is 76.1 Å². The van der Waals surface area contributed by atoms with Crippen molar-refractivity contribution in [2.24, 2.45) is 11.8 Å². The molecule has 0 amide bonds. The summed E-state index contributed by atoms with van der Waals surface area (Å²) in [6, 6.07) is 51.8. The Kier molecular flexibility index (Phi) is 8.23. The van der Waals surface area contributed by atoms with E-state index in [1.165, 1.54) is 47.5 Å². The average molecular weight is 749 g/mol. The van der Waals surface area contributed by atoms with Gasteiger partial charge in [0.05, 0.1) is 0 Å². The van der Waals surface area contributed by atoms with Crippen molar-refractivity contribution in [3.8, 4) is 34.2 Å². The van der Waals surface area contributed by atoms with Gasteiger partial charge in [0.25, 0.3) is 0 Å². The summed E-state index contributed by atoms with van der Waals surface area (Å²) < 4.78 is 5.08. The van der Waals surface area contributed by atoms with E-state index in [1.807, 2.05) is 47.7 Å². The van der Waals surface area contributed by atoms with Crippen LogP contribution in [0, 0.1) is 11.8 Å². The summed E-state index contributed by atoms with van der Waals surface area (Å²) in [5.74, 6) is 2.65. The molecule has 3 heterocycles. The maximum atomic E-state index is 5.21. The summed E-state index contributed by atoms with van der Waals surface area (Å²) in [4.78, 5) is 16.5. The Labute approximate surface area is 330 Å². The van der Waals surface area contributed by atoms with Crippen molar-refractivity contribution in [3.63, 3.8) is 0 Å². The molecule has 0 aliphatic heterocycles. The molecule has 0 saturated carbocycles. The van der Waals surface area contributed by atoms with Crippen LogP contribution in [0.5, 0.6) is 0 Å². The van der Waals surface area contributed by atoms with Gasteiger partial charge < -0.3 is 4.57 Å². The molecule has 6 aromatic carbocycles. The lowest BCUT2D eigenvalue weighted by atomic mass is 9.61. The van der Waals surface area contributed by atoms with Gasteiger partial charge in [-0.3, -0.25) is 0 Å². The van der Waals surface area contributed by atoms with Gasteiger partial charge in [0, 0.05) is 70.1 Å². The lowest BCUT2D eigenvalue weighted by Gasteiger charge is -2.46. The number of nitrogens with zero attached hydrogens (tertiary/aromatic N) is 4.